The van der Waals surface area contributed by atoms with E-state index in [0.717, 1.165) is 51.4 Å². The van der Waals surface area contributed by atoms with E-state index in [1.54, 1.807) is 0 Å². The first kappa shape index (κ1) is 26.6. The van der Waals surface area contributed by atoms with Gasteiger partial charge in [0.25, 0.3) is 0 Å². The summed E-state index contributed by atoms with van der Waals surface area (Å²) >= 11 is -9.08. The quantitative estimate of drug-likeness (QED) is 0.187. The summed E-state index contributed by atoms with van der Waals surface area (Å²) in [7, 11) is 6.60. The van der Waals surface area contributed by atoms with Crippen LogP contribution in [0.15, 0.2) is 0 Å². The normalized spacial score (nSPS) is 12.7. The number of halogens is 1. The minimum absolute atomic E-state index is 0.401. The molecule has 0 aromatic rings. The average molecular weight is 598 g/mol. The molecule has 0 amide bonds. The van der Waals surface area contributed by atoms with Crippen LogP contribution in [0.3, 0.4) is 0 Å². The van der Waals surface area contributed by atoms with Crippen molar-refractivity contribution in [3.8, 4) is 0 Å². The molecule has 0 bridgehead atoms. The van der Waals surface area contributed by atoms with Crippen LogP contribution in [0.25, 0.3) is 0 Å². The zero-order valence-corrected chi connectivity index (χ0v) is 22.8. The van der Waals surface area contributed by atoms with E-state index < -0.39 is 38.5 Å². The second-order valence-electron chi connectivity index (χ2n) is 5.92. The van der Waals surface area contributed by atoms with Crippen molar-refractivity contribution in [1.29, 1.82) is 0 Å². The predicted octanol–water partition coefficient (Wildman–Crippen LogP) is 4.37. The molecule has 0 unspecified atom stereocenters. The van der Waals surface area contributed by atoms with Crippen LogP contribution in [-0.2, 0) is 13.7 Å². The molecule has 0 aromatic carbocycles. The molecule has 9 heteroatoms. The van der Waals surface area contributed by atoms with Crippen LogP contribution in [0.1, 0.15) is 79.1 Å². The van der Waals surface area contributed by atoms with Crippen molar-refractivity contribution in [2.24, 2.45) is 0 Å². The third-order valence-electron chi connectivity index (χ3n) is 3.36. The third kappa shape index (κ3) is 14.3. The van der Waals surface area contributed by atoms with Crippen molar-refractivity contribution in [3.63, 3.8) is 0 Å². The molecule has 6 nitrogen and oxygen atoms in total. The molecule has 0 aliphatic rings. The fourth-order valence-electron chi connectivity index (χ4n) is 1.72. The Bertz CT molecular complexity index is 264. The Balaban J connectivity index is 4.90. The molecule has 25 heavy (non-hydrogen) atoms. The molecule has 0 aliphatic heterocycles. The van der Waals surface area contributed by atoms with E-state index >= 15 is 0 Å². The molecule has 0 spiro atoms. The molecule has 0 radical (unpaired) electrons. The van der Waals surface area contributed by atoms with E-state index in [1.807, 2.05) is 0 Å². The van der Waals surface area contributed by atoms with Crippen molar-refractivity contribution in [1.82, 2.24) is 0 Å². The zero-order chi connectivity index (χ0) is 19.0. The van der Waals surface area contributed by atoms with Gasteiger partial charge in [-0.15, -0.1) is 0 Å². The fourth-order valence-corrected chi connectivity index (χ4v) is 24.1. The van der Waals surface area contributed by atoms with Crippen LogP contribution < -0.4 is 0 Å². The average Bonchev–Trinajstić information content (AvgIpc) is 2.56. The Morgan fingerprint density at radius 3 is 1.28 bits per heavy atom. The number of unbranched alkanes of at least 4 members (excludes halogenated alkanes) is 4. The second kappa shape index (κ2) is 16.6. The predicted molar refractivity (Wildman–Crippen MR) is 104 cm³/mol. The van der Waals surface area contributed by atoms with E-state index in [-0.39, 0.29) is 0 Å². The van der Waals surface area contributed by atoms with E-state index in [1.165, 1.54) is 0 Å². The summed E-state index contributed by atoms with van der Waals surface area (Å²) in [6, 6.07) is 0. The number of rotatable bonds is 18. The van der Waals surface area contributed by atoms with Crippen molar-refractivity contribution < 1.29 is 17.2 Å². The van der Waals surface area contributed by atoms with E-state index in [4.69, 9.17) is 22.6 Å². The first-order chi connectivity index (χ1) is 11.9. The maximum atomic E-state index is 10.9. The topological polar surface area (TPSA) is 66.4 Å². The molecular formula is C16H37ClO6Sn2. The molecule has 0 atom stereocenters. The Morgan fingerprint density at radius 2 is 0.960 bits per heavy atom. The van der Waals surface area contributed by atoms with Crippen LogP contribution in [0, 0.1) is 0 Å². The Labute approximate surface area is 169 Å². The first-order valence-electron chi connectivity index (χ1n) is 9.62. The fraction of sp³-hybridized carbons (Fsp3) is 1.00. The van der Waals surface area contributed by atoms with Gasteiger partial charge in [0, 0.05) is 0 Å². The summed E-state index contributed by atoms with van der Waals surface area (Å²) in [6.07, 6.45) is 7.30. The van der Waals surface area contributed by atoms with Gasteiger partial charge in [0.2, 0.25) is 0 Å². The monoisotopic (exact) mass is 600 g/mol. The van der Waals surface area contributed by atoms with Gasteiger partial charge in [0.15, 0.2) is 0 Å². The Morgan fingerprint density at radius 1 is 0.640 bits per heavy atom. The molecule has 0 rings (SSSR count). The van der Waals surface area contributed by atoms with Gasteiger partial charge in [-0.3, -0.25) is 0 Å². The van der Waals surface area contributed by atoms with Crippen LogP contribution >= 0.6 is 8.92 Å². The SMILES string of the molecule is CCCC[O][Sn]([OH])([O]CCCC)[O][Sn]([Cl])([O]CCCC)[O]CCCC. The number of hydrogen-bond donors (Lipinski definition) is 1. The van der Waals surface area contributed by atoms with Crippen LogP contribution in [0.5, 0.6) is 0 Å². The minimum atomic E-state index is -4.72. The van der Waals surface area contributed by atoms with E-state index in [0.29, 0.717) is 26.4 Å². The Hall–Kier alpha value is 1.65. The van der Waals surface area contributed by atoms with E-state index in [9.17, 15) is 3.44 Å². The van der Waals surface area contributed by atoms with Gasteiger partial charge in [-0.2, -0.15) is 0 Å². The molecule has 0 saturated heterocycles. The molecular weight excluding hydrogens is 561 g/mol. The van der Waals surface area contributed by atoms with E-state index in [2.05, 4.69) is 27.7 Å². The first-order valence-corrected chi connectivity index (χ1v) is 21.5. The zero-order valence-electron chi connectivity index (χ0n) is 16.4. The number of hydrogen-bond acceptors (Lipinski definition) is 6. The van der Waals surface area contributed by atoms with Gasteiger partial charge in [-0.05, 0) is 0 Å². The Kier molecular flexibility index (Phi) is 17.7. The summed E-state index contributed by atoms with van der Waals surface area (Å²) in [5, 5.41) is 0. The molecule has 1 N–H and O–H groups in total. The van der Waals surface area contributed by atoms with Crippen LogP contribution in [-0.4, -0.2) is 68.4 Å². The third-order valence-corrected chi connectivity index (χ3v) is 25.7. The van der Waals surface area contributed by atoms with Gasteiger partial charge >= 0.3 is 170 Å². The molecule has 0 aliphatic carbocycles. The molecule has 0 fully saturated rings. The second-order valence-corrected chi connectivity index (χ2v) is 22.5. The molecule has 0 heterocycles. The van der Waals surface area contributed by atoms with Gasteiger partial charge in [-0.25, -0.2) is 0 Å². The standard InChI is InChI=1S/4C4H9O.ClH.H2O.O.2Sn/c4*1-2-3-4-5;;;;;/h4*2-4H2,1H3;1H;1H2;;;/q4*-1;;;;2*+3/p-2. The molecule has 0 aromatic heterocycles. The van der Waals surface area contributed by atoms with Gasteiger partial charge < -0.3 is 0 Å². The molecule has 0 saturated carbocycles. The van der Waals surface area contributed by atoms with Crippen LogP contribution in [0.2, 0.25) is 0 Å². The van der Waals surface area contributed by atoms with Gasteiger partial charge in [-0.1, -0.05) is 0 Å². The summed E-state index contributed by atoms with van der Waals surface area (Å²) in [5.41, 5.74) is 0. The summed E-state index contributed by atoms with van der Waals surface area (Å²) in [4.78, 5) is 0. The van der Waals surface area contributed by atoms with Crippen molar-refractivity contribution in [2.45, 2.75) is 79.1 Å². The summed E-state index contributed by atoms with van der Waals surface area (Å²) in [6.45, 7) is 10.0. The van der Waals surface area contributed by atoms with Gasteiger partial charge in [0.05, 0.1) is 0 Å². The van der Waals surface area contributed by atoms with Crippen LogP contribution in [0.4, 0.5) is 0 Å². The maximum absolute atomic E-state index is 10.9. The van der Waals surface area contributed by atoms with Gasteiger partial charge in [0.1, 0.15) is 0 Å². The van der Waals surface area contributed by atoms with Crippen molar-refractivity contribution in [3.05, 3.63) is 0 Å². The van der Waals surface area contributed by atoms with Crippen molar-refractivity contribution in [2.75, 3.05) is 26.4 Å². The summed E-state index contributed by atoms with van der Waals surface area (Å²) < 4.78 is 39.6. The summed E-state index contributed by atoms with van der Waals surface area (Å²) in [5.74, 6) is 0. The molecule has 152 valence electrons. The van der Waals surface area contributed by atoms with Crippen molar-refractivity contribution >= 4 is 47.4 Å².